The fourth-order valence-electron chi connectivity index (χ4n) is 4.29. The van der Waals surface area contributed by atoms with E-state index in [1.165, 1.54) is 5.56 Å². The SMILES string of the molecule is CCCC(C(=O)O)S(=O)(=O)CC1CCCC(OCc2nc(-c3ccc(C)cc3)oc2C)C1. The minimum atomic E-state index is -3.69. The standard InChI is InChI=1S/C24H33NO6S/c1-4-6-22(24(26)27)32(28,29)15-18-7-5-8-20(13-18)30-14-21-17(3)31-23(25-21)19-11-9-16(2)10-12-19/h9-12,18,20,22H,4-8,13-15H2,1-3H3,(H,26,27). The van der Waals surface area contributed by atoms with E-state index in [1.54, 1.807) is 6.92 Å². The van der Waals surface area contributed by atoms with Crippen molar-refractivity contribution < 1.29 is 27.5 Å². The molecule has 1 saturated carbocycles. The lowest BCUT2D eigenvalue weighted by Crippen LogP contribution is -2.36. The normalized spacial score (nSPS) is 20.2. The number of carbonyl (C=O) groups is 1. The van der Waals surface area contributed by atoms with Crippen molar-refractivity contribution in [1.82, 2.24) is 4.98 Å². The summed E-state index contributed by atoms with van der Waals surface area (Å²) in [6.45, 7) is 5.99. The van der Waals surface area contributed by atoms with Gasteiger partial charge in [-0.3, -0.25) is 4.79 Å². The van der Waals surface area contributed by atoms with Gasteiger partial charge in [-0.25, -0.2) is 13.4 Å². The zero-order chi connectivity index (χ0) is 23.3. The first-order chi connectivity index (χ1) is 15.2. The predicted molar refractivity (Wildman–Crippen MR) is 122 cm³/mol. The van der Waals surface area contributed by atoms with Gasteiger partial charge in [0.2, 0.25) is 5.89 Å². The summed E-state index contributed by atoms with van der Waals surface area (Å²) in [6.07, 6.45) is 3.71. The number of ether oxygens (including phenoxy) is 1. The van der Waals surface area contributed by atoms with E-state index in [9.17, 15) is 18.3 Å². The quantitative estimate of drug-likeness (QED) is 0.544. The van der Waals surface area contributed by atoms with Crippen molar-refractivity contribution in [3.05, 3.63) is 41.3 Å². The molecule has 1 fully saturated rings. The van der Waals surface area contributed by atoms with Gasteiger partial charge in [0.1, 0.15) is 11.5 Å². The highest BCUT2D eigenvalue weighted by Gasteiger charge is 2.35. The second-order valence-corrected chi connectivity index (χ2v) is 11.0. The van der Waals surface area contributed by atoms with Gasteiger partial charge in [0.05, 0.1) is 18.5 Å². The van der Waals surface area contributed by atoms with Crippen LogP contribution in [0.4, 0.5) is 0 Å². The van der Waals surface area contributed by atoms with Gasteiger partial charge >= 0.3 is 5.97 Å². The molecule has 1 N–H and O–H groups in total. The van der Waals surface area contributed by atoms with E-state index >= 15 is 0 Å². The van der Waals surface area contributed by atoms with E-state index in [0.29, 0.717) is 31.1 Å². The van der Waals surface area contributed by atoms with Gasteiger partial charge in [-0.2, -0.15) is 0 Å². The van der Waals surface area contributed by atoms with E-state index in [2.05, 4.69) is 4.98 Å². The van der Waals surface area contributed by atoms with Crippen LogP contribution in [0.15, 0.2) is 28.7 Å². The van der Waals surface area contributed by atoms with E-state index in [0.717, 1.165) is 30.5 Å². The third-order valence-electron chi connectivity index (χ3n) is 6.11. The van der Waals surface area contributed by atoms with Crippen molar-refractivity contribution in [1.29, 1.82) is 0 Å². The summed E-state index contributed by atoms with van der Waals surface area (Å²) in [7, 11) is -3.69. The average molecular weight is 464 g/mol. The van der Waals surface area contributed by atoms with Gasteiger partial charge in [0.15, 0.2) is 15.1 Å². The van der Waals surface area contributed by atoms with Crippen LogP contribution < -0.4 is 0 Å². The lowest BCUT2D eigenvalue weighted by Gasteiger charge is -2.29. The third kappa shape index (κ3) is 6.19. The average Bonchev–Trinajstić information content (AvgIpc) is 3.11. The highest BCUT2D eigenvalue weighted by atomic mass is 32.2. The van der Waals surface area contributed by atoms with Crippen molar-refractivity contribution in [2.75, 3.05) is 5.75 Å². The minimum absolute atomic E-state index is 0.0719. The summed E-state index contributed by atoms with van der Waals surface area (Å²) >= 11 is 0. The number of benzene rings is 1. The molecule has 1 aliphatic carbocycles. The molecule has 1 aromatic carbocycles. The number of nitrogens with zero attached hydrogens (tertiary/aromatic N) is 1. The Kier molecular flexibility index (Phi) is 8.11. The Balaban J connectivity index is 1.59. The van der Waals surface area contributed by atoms with Crippen LogP contribution in [0, 0.1) is 19.8 Å². The molecular formula is C24H33NO6S. The second-order valence-electron chi connectivity index (χ2n) is 8.80. The number of carboxylic acid groups (broad SMARTS) is 1. The highest BCUT2D eigenvalue weighted by Crippen LogP contribution is 2.30. The van der Waals surface area contributed by atoms with E-state index < -0.39 is 21.1 Å². The molecule has 0 saturated heterocycles. The molecule has 2 aromatic rings. The number of oxazole rings is 1. The molecule has 0 aliphatic heterocycles. The van der Waals surface area contributed by atoms with Gasteiger partial charge < -0.3 is 14.3 Å². The molecule has 0 amide bonds. The summed E-state index contributed by atoms with van der Waals surface area (Å²) in [5, 5.41) is 8.02. The summed E-state index contributed by atoms with van der Waals surface area (Å²) < 4.78 is 37.2. The molecule has 8 heteroatoms. The molecule has 0 spiro atoms. The molecule has 0 radical (unpaired) electrons. The van der Waals surface area contributed by atoms with Gasteiger partial charge in [-0.15, -0.1) is 0 Å². The predicted octanol–water partition coefficient (Wildman–Crippen LogP) is 4.70. The molecule has 3 rings (SSSR count). The maximum Gasteiger partial charge on any atom is 0.321 e. The summed E-state index contributed by atoms with van der Waals surface area (Å²) in [4.78, 5) is 16.0. The van der Waals surface area contributed by atoms with Crippen molar-refractivity contribution in [2.24, 2.45) is 5.92 Å². The number of aryl methyl sites for hydroxylation is 2. The summed E-state index contributed by atoms with van der Waals surface area (Å²) in [6, 6.07) is 7.97. The largest absolute Gasteiger partial charge is 0.480 e. The number of aliphatic carboxylic acids is 1. The lowest BCUT2D eigenvalue weighted by molar-refractivity contribution is -0.136. The van der Waals surface area contributed by atoms with Gasteiger partial charge in [0, 0.05) is 5.56 Å². The zero-order valence-electron chi connectivity index (χ0n) is 19.0. The first-order valence-corrected chi connectivity index (χ1v) is 13.0. The molecule has 3 unspecified atom stereocenters. The maximum absolute atomic E-state index is 12.7. The van der Waals surface area contributed by atoms with Crippen LogP contribution in [0.1, 0.15) is 62.5 Å². The molecule has 3 atom stereocenters. The van der Waals surface area contributed by atoms with E-state index in [1.807, 2.05) is 38.1 Å². The number of rotatable bonds is 10. The number of hydrogen-bond acceptors (Lipinski definition) is 6. The molecular weight excluding hydrogens is 430 g/mol. The number of sulfone groups is 1. The Morgan fingerprint density at radius 1 is 1.25 bits per heavy atom. The van der Waals surface area contributed by atoms with Crippen LogP contribution in [-0.4, -0.2) is 41.6 Å². The molecule has 0 bridgehead atoms. The fraction of sp³-hybridized carbons (Fsp3) is 0.583. The van der Waals surface area contributed by atoms with Gasteiger partial charge in [-0.1, -0.05) is 37.5 Å². The third-order valence-corrected chi connectivity index (χ3v) is 8.35. The molecule has 1 aromatic heterocycles. The molecule has 176 valence electrons. The van der Waals surface area contributed by atoms with Gasteiger partial charge in [0.25, 0.3) is 0 Å². The number of carboxylic acids is 1. The van der Waals surface area contributed by atoms with E-state index in [4.69, 9.17) is 9.15 Å². The summed E-state index contributed by atoms with van der Waals surface area (Å²) in [5.74, 6) is -0.159. The Morgan fingerprint density at radius 3 is 2.62 bits per heavy atom. The van der Waals surface area contributed by atoms with Gasteiger partial charge in [-0.05, 0) is 57.6 Å². The highest BCUT2D eigenvalue weighted by molar-refractivity contribution is 7.92. The minimum Gasteiger partial charge on any atom is -0.480 e. The summed E-state index contributed by atoms with van der Waals surface area (Å²) in [5.41, 5.74) is 2.82. The maximum atomic E-state index is 12.7. The Labute approximate surface area is 190 Å². The Bertz CT molecular complexity index is 1010. The fourth-order valence-corrected chi connectivity index (χ4v) is 6.38. The first-order valence-electron chi connectivity index (χ1n) is 11.3. The Morgan fingerprint density at radius 2 is 1.97 bits per heavy atom. The van der Waals surface area contributed by atoms with Crippen LogP contribution >= 0.6 is 0 Å². The van der Waals surface area contributed by atoms with Crippen LogP contribution in [-0.2, 0) is 26.0 Å². The van der Waals surface area contributed by atoms with Crippen molar-refractivity contribution >= 4 is 15.8 Å². The van der Waals surface area contributed by atoms with Crippen molar-refractivity contribution in [2.45, 2.75) is 77.3 Å². The molecule has 32 heavy (non-hydrogen) atoms. The van der Waals surface area contributed by atoms with E-state index in [-0.39, 0.29) is 24.2 Å². The number of aromatic nitrogens is 1. The number of hydrogen-bond donors (Lipinski definition) is 1. The molecule has 1 aliphatic rings. The van der Waals surface area contributed by atoms with Crippen molar-refractivity contribution in [3.63, 3.8) is 0 Å². The zero-order valence-corrected chi connectivity index (χ0v) is 19.9. The Hall–Kier alpha value is -2.19. The van der Waals surface area contributed by atoms with Crippen LogP contribution in [0.3, 0.4) is 0 Å². The van der Waals surface area contributed by atoms with Crippen LogP contribution in [0.25, 0.3) is 11.5 Å². The monoisotopic (exact) mass is 463 g/mol. The molecule has 7 nitrogen and oxygen atoms in total. The van der Waals surface area contributed by atoms with Crippen molar-refractivity contribution in [3.8, 4) is 11.5 Å². The topological polar surface area (TPSA) is 107 Å². The first kappa shape index (κ1) is 24.5. The smallest absolute Gasteiger partial charge is 0.321 e. The van der Waals surface area contributed by atoms with Crippen LogP contribution in [0.5, 0.6) is 0 Å². The lowest BCUT2D eigenvalue weighted by atomic mass is 9.88. The van der Waals surface area contributed by atoms with Crippen LogP contribution in [0.2, 0.25) is 0 Å². The second kappa shape index (κ2) is 10.6. The molecule has 1 heterocycles.